The summed E-state index contributed by atoms with van der Waals surface area (Å²) in [4.78, 5) is 11.0. The largest absolute Gasteiger partial charge is 0.478 e. The van der Waals surface area contributed by atoms with Gasteiger partial charge in [0.1, 0.15) is 11.5 Å². The van der Waals surface area contributed by atoms with Crippen molar-refractivity contribution < 1.29 is 14.6 Å². The molecule has 2 rings (SSSR count). The molecule has 20 heavy (non-hydrogen) atoms. The first-order valence-electron chi connectivity index (χ1n) is 6.48. The number of rotatable bonds is 3. The van der Waals surface area contributed by atoms with Gasteiger partial charge in [-0.25, -0.2) is 4.79 Å². The van der Waals surface area contributed by atoms with Crippen LogP contribution in [-0.4, -0.2) is 11.1 Å². The van der Waals surface area contributed by atoms with Crippen molar-refractivity contribution >= 4 is 5.97 Å². The number of carboxylic acids is 1. The molecule has 0 saturated heterocycles. The van der Waals surface area contributed by atoms with E-state index in [-0.39, 0.29) is 0 Å². The molecule has 3 nitrogen and oxygen atoms in total. The van der Waals surface area contributed by atoms with Gasteiger partial charge in [0.05, 0.1) is 5.56 Å². The summed E-state index contributed by atoms with van der Waals surface area (Å²) in [7, 11) is 0. The molecule has 104 valence electrons. The number of hydrogen-bond donors (Lipinski definition) is 1. The molecule has 2 aromatic rings. The first kappa shape index (κ1) is 14.1. The van der Waals surface area contributed by atoms with Crippen LogP contribution in [0.1, 0.15) is 32.6 Å². The predicted molar refractivity (Wildman–Crippen MR) is 78.9 cm³/mol. The van der Waals surface area contributed by atoms with Gasteiger partial charge in [-0.3, -0.25) is 0 Å². The molecule has 0 heterocycles. The molecular formula is C17H18O3. The summed E-state index contributed by atoms with van der Waals surface area (Å²) in [6.07, 6.45) is 0. The van der Waals surface area contributed by atoms with Crippen molar-refractivity contribution in [1.82, 2.24) is 0 Å². The zero-order valence-electron chi connectivity index (χ0n) is 12.2. The van der Waals surface area contributed by atoms with Crippen molar-refractivity contribution in [2.24, 2.45) is 0 Å². The van der Waals surface area contributed by atoms with Crippen LogP contribution in [0.2, 0.25) is 0 Å². The Kier molecular flexibility index (Phi) is 3.79. The van der Waals surface area contributed by atoms with Gasteiger partial charge >= 0.3 is 5.97 Å². The lowest BCUT2D eigenvalue weighted by Gasteiger charge is -2.14. The summed E-state index contributed by atoms with van der Waals surface area (Å²) < 4.78 is 5.94. The highest BCUT2D eigenvalue weighted by atomic mass is 16.5. The first-order chi connectivity index (χ1) is 9.40. The molecule has 0 radical (unpaired) electrons. The fraction of sp³-hybridized carbons (Fsp3) is 0.235. The lowest BCUT2D eigenvalue weighted by Crippen LogP contribution is -2.00. The van der Waals surface area contributed by atoms with Crippen molar-refractivity contribution in [3.63, 3.8) is 0 Å². The van der Waals surface area contributed by atoms with E-state index in [2.05, 4.69) is 6.07 Å². The summed E-state index contributed by atoms with van der Waals surface area (Å²) >= 11 is 0. The summed E-state index contributed by atoms with van der Waals surface area (Å²) in [6.45, 7) is 7.84. The SMILES string of the molecule is Cc1cc(Oc2c(C)ccc(C)c2C)ccc1C(=O)O. The highest BCUT2D eigenvalue weighted by molar-refractivity contribution is 5.89. The van der Waals surface area contributed by atoms with Gasteiger partial charge in [-0.1, -0.05) is 12.1 Å². The Hall–Kier alpha value is -2.29. The van der Waals surface area contributed by atoms with Crippen molar-refractivity contribution in [2.45, 2.75) is 27.7 Å². The molecule has 0 aliphatic carbocycles. The Labute approximate surface area is 118 Å². The van der Waals surface area contributed by atoms with Gasteiger partial charge in [0.2, 0.25) is 0 Å². The molecule has 0 aromatic heterocycles. The van der Waals surface area contributed by atoms with Crippen LogP contribution in [-0.2, 0) is 0 Å². The van der Waals surface area contributed by atoms with Gasteiger partial charge in [0.15, 0.2) is 0 Å². The Morgan fingerprint density at radius 1 is 0.950 bits per heavy atom. The summed E-state index contributed by atoms with van der Waals surface area (Å²) in [5, 5.41) is 9.03. The van der Waals surface area contributed by atoms with E-state index in [0.717, 1.165) is 16.9 Å². The zero-order chi connectivity index (χ0) is 14.9. The Balaban J connectivity index is 2.39. The second-order valence-electron chi connectivity index (χ2n) is 5.04. The third-order valence-corrected chi connectivity index (χ3v) is 3.52. The van der Waals surface area contributed by atoms with Crippen LogP contribution >= 0.6 is 0 Å². The van der Waals surface area contributed by atoms with Crippen LogP contribution < -0.4 is 4.74 Å². The number of aromatic carboxylic acids is 1. The molecule has 3 heteroatoms. The summed E-state index contributed by atoms with van der Waals surface area (Å²) in [6, 6.07) is 9.11. The fourth-order valence-electron chi connectivity index (χ4n) is 2.14. The lowest BCUT2D eigenvalue weighted by atomic mass is 10.1. The molecular weight excluding hydrogens is 252 g/mol. The minimum atomic E-state index is -0.919. The number of aryl methyl sites for hydroxylation is 3. The fourth-order valence-corrected chi connectivity index (χ4v) is 2.14. The van der Waals surface area contributed by atoms with E-state index in [0.29, 0.717) is 16.9 Å². The zero-order valence-corrected chi connectivity index (χ0v) is 12.2. The van der Waals surface area contributed by atoms with Crippen LogP contribution in [0.4, 0.5) is 0 Å². The summed E-state index contributed by atoms with van der Waals surface area (Å²) in [5.74, 6) is 0.578. The van der Waals surface area contributed by atoms with Crippen LogP contribution in [0.25, 0.3) is 0 Å². The highest BCUT2D eigenvalue weighted by Crippen LogP contribution is 2.31. The lowest BCUT2D eigenvalue weighted by molar-refractivity contribution is 0.0696. The Morgan fingerprint density at radius 2 is 1.60 bits per heavy atom. The molecule has 0 spiro atoms. The average molecular weight is 270 g/mol. The highest BCUT2D eigenvalue weighted by Gasteiger charge is 2.11. The quantitative estimate of drug-likeness (QED) is 0.898. The van der Waals surface area contributed by atoms with Crippen molar-refractivity contribution in [3.8, 4) is 11.5 Å². The second kappa shape index (κ2) is 5.37. The number of ether oxygens (including phenoxy) is 1. The van der Waals surface area contributed by atoms with E-state index in [1.807, 2.05) is 26.8 Å². The molecule has 0 saturated carbocycles. The number of hydrogen-bond acceptors (Lipinski definition) is 2. The summed E-state index contributed by atoms with van der Waals surface area (Å²) in [5.41, 5.74) is 4.33. The first-order valence-corrected chi connectivity index (χ1v) is 6.48. The van der Waals surface area contributed by atoms with E-state index in [1.165, 1.54) is 5.56 Å². The molecule has 0 aliphatic heterocycles. The number of carbonyl (C=O) groups is 1. The second-order valence-corrected chi connectivity index (χ2v) is 5.04. The van der Waals surface area contributed by atoms with Crippen LogP contribution in [0.5, 0.6) is 11.5 Å². The maximum atomic E-state index is 11.0. The van der Waals surface area contributed by atoms with Gasteiger partial charge in [0.25, 0.3) is 0 Å². The molecule has 0 aliphatic rings. The van der Waals surface area contributed by atoms with Crippen LogP contribution in [0.3, 0.4) is 0 Å². The van der Waals surface area contributed by atoms with Crippen molar-refractivity contribution in [1.29, 1.82) is 0 Å². The van der Waals surface area contributed by atoms with Gasteiger partial charge in [-0.2, -0.15) is 0 Å². The third kappa shape index (κ3) is 2.67. The Bertz CT molecular complexity index is 672. The Morgan fingerprint density at radius 3 is 2.20 bits per heavy atom. The standard InChI is InChI=1S/C17H18O3/c1-10-5-6-11(2)16(13(10)4)20-14-7-8-15(17(18)19)12(3)9-14/h5-9H,1-4H3,(H,18,19). The van der Waals surface area contributed by atoms with E-state index in [1.54, 1.807) is 25.1 Å². The topological polar surface area (TPSA) is 46.5 Å². The molecule has 2 aromatic carbocycles. The average Bonchev–Trinajstić information content (AvgIpc) is 2.39. The molecule has 0 atom stereocenters. The monoisotopic (exact) mass is 270 g/mol. The molecule has 1 N–H and O–H groups in total. The van der Waals surface area contributed by atoms with Gasteiger partial charge < -0.3 is 9.84 Å². The van der Waals surface area contributed by atoms with Crippen molar-refractivity contribution in [2.75, 3.05) is 0 Å². The molecule has 0 amide bonds. The van der Waals surface area contributed by atoms with E-state index < -0.39 is 5.97 Å². The van der Waals surface area contributed by atoms with E-state index in [9.17, 15) is 4.79 Å². The maximum absolute atomic E-state index is 11.0. The number of benzene rings is 2. The van der Waals surface area contributed by atoms with Crippen molar-refractivity contribution in [3.05, 3.63) is 58.1 Å². The minimum Gasteiger partial charge on any atom is -0.478 e. The molecule has 0 fully saturated rings. The minimum absolute atomic E-state index is 0.301. The van der Waals surface area contributed by atoms with Crippen LogP contribution in [0, 0.1) is 27.7 Å². The van der Waals surface area contributed by atoms with Crippen LogP contribution in [0.15, 0.2) is 30.3 Å². The third-order valence-electron chi connectivity index (χ3n) is 3.52. The van der Waals surface area contributed by atoms with E-state index >= 15 is 0 Å². The molecule has 0 bridgehead atoms. The van der Waals surface area contributed by atoms with Gasteiger partial charge in [-0.15, -0.1) is 0 Å². The van der Waals surface area contributed by atoms with Gasteiger partial charge in [0, 0.05) is 0 Å². The normalized spacial score (nSPS) is 10.4. The predicted octanol–water partition coefficient (Wildman–Crippen LogP) is 4.41. The maximum Gasteiger partial charge on any atom is 0.335 e. The smallest absolute Gasteiger partial charge is 0.335 e. The molecule has 0 unspecified atom stereocenters. The van der Waals surface area contributed by atoms with E-state index in [4.69, 9.17) is 9.84 Å². The van der Waals surface area contributed by atoms with Gasteiger partial charge in [-0.05, 0) is 68.1 Å². The number of carboxylic acid groups (broad SMARTS) is 1.